The van der Waals surface area contributed by atoms with Crippen LogP contribution in [0.5, 0.6) is 0 Å². The average molecular weight is 423 g/mol. The molecule has 0 radical (unpaired) electrons. The minimum atomic E-state index is -0.289. The molecule has 0 saturated carbocycles. The van der Waals surface area contributed by atoms with Gasteiger partial charge in [-0.15, -0.1) is 0 Å². The van der Waals surface area contributed by atoms with Gasteiger partial charge in [0, 0.05) is 10.0 Å². The van der Waals surface area contributed by atoms with E-state index in [0.717, 1.165) is 15.6 Å². The Morgan fingerprint density at radius 2 is 1.41 bits per heavy atom. The summed E-state index contributed by atoms with van der Waals surface area (Å²) in [7, 11) is 0. The molecule has 0 aliphatic rings. The molecule has 3 aromatic carbocycles. The van der Waals surface area contributed by atoms with Crippen LogP contribution in [0.2, 0.25) is 0 Å². The van der Waals surface area contributed by atoms with E-state index in [1.165, 1.54) is 0 Å². The van der Waals surface area contributed by atoms with Gasteiger partial charge < -0.3 is 10.6 Å². The van der Waals surface area contributed by atoms with E-state index in [1.54, 1.807) is 18.2 Å². The topological polar surface area (TPSA) is 58.2 Å². The maximum absolute atomic E-state index is 12.5. The van der Waals surface area contributed by atoms with E-state index in [9.17, 15) is 9.59 Å². The summed E-state index contributed by atoms with van der Waals surface area (Å²) in [5.41, 5.74) is 2.46. The van der Waals surface area contributed by atoms with Crippen LogP contribution in [0.4, 0.5) is 0 Å². The van der Waals surface area contributed by atoms with Crippen LogP contribution in [-0.2, 0) is 4.79 Å². The summed E-state index contributed by atoms with van der Waals surface area (Å²) in [6.07, 6.45) is 0. The highest BCUT2D eigenvalue weighted by molar-refractivity contribution is 9.10. The lowest BCUT2D eigenvalue weighted by Gasteiger charge is -2.20. The summed E-state index contributed by atoms with van der Waals surface area (Å²) in [6, 6.07) is 26.3. The largest absolute Gasteiger partial charge is 0.344 e. The second-order valence-electron chi connectivity index (χ2n) is 6.01. The third-order valence-electron chi connectivity index (χ3n) is 4.07. The number of hydrogen-bond donors (Lipinski definition) is 2. The second-order valence-corrected chi connectivity index (χ2v) is 6.93. The van der Waals surface area contributed by atoms with E-state index < -0.39 is 0 Å². The highest BCUT2D eigenvalue weighted by Gasteiger charge is 2.17. The zero-order valence-electron chi connectivity index (χ0n) is 14.6. The van der Waals surface area contributed by atoms with Crippen molar-refractivity contribution in [2.75, 3.05) is 6.54 Å². The molecule has 0 atom stereocenters. The van der Waals surface area contributed by atoms with Crippen LogP contribution < -0.4 is 10.6 Å². The molecular weight excluding hydrogens is 404 g/mol. The van der Waals surface area contributed by atoms with E-state index in [0.29, 0.717) is 5.56 Å². The molecule has 136 valence electrons. The quantitative estimate of drug-likeness (QED) is 0.628. The molecule has 0 aliphatic heterocycles. The number of carbonyl (C=O) groups excluding carboxylic acids is 2. The van der Waals surface area contributed by atoms with Gasteiger partial charge in [0.15, 0.2) is 0 Å². The molecule has 3 rings (SSSR count). The van der Waals surface area contributed by atoms with Crippen molar-refractivity contribution >= 4 is 27.7 Å². The summed E-state index contributed by atoms with van der Waals surface area (Å²) >= 11 is 3.34. The Kier molecular flexibility index (Phi) is 6.39. The van der Waals surface area contributed by atoms with Gasteiger partial charge in [0.1, 0.15) is 0 Å². The van der Waals surface area contributed by atoms with Crippen molar-refractivity contribution in [3.05, 3.63) is 106 Å². The van der Waals surface area contributed by atoms with Crippen LogP contribution >= 0.6 is 15.9 Å². The summed E-state index contributed by atoms with van der Waals surface area (Å²) in [5, 5.41) is 5.67. The third kappa shape index (κ3) is 5.28. The Morgan fingerprint density at radius 3 is 1.96 bits per heavy atom. The average Bonchev–Trinajstić information content (AvgIpc) is 2.71. The molecule has 0 fully saturated rings. The molecule has 0 aromatic heterocycles. The van der Waals surface area contributed by atoms with Crippen molar-refractivity contribution in [3.63, 3.8) is 0 Å². The van der Waals surface area contributed by atoms with Crippen molar-refractivity contribution in [1.29, 1.82) is 0 Å². The Balaban J connectivity index is 1.67. The maximum atomic E-state index is 12.5. The van der Waals surface area contributed by atoms with E-state index in [2.05, 4.69) is 26.6 Å². The highest BCUT2D eigenvalue weighted by atomic mass is 79.9. The molecule has 27 heavy (non-hydrogen) atoms. The zero-order chi connectivity index (χ0) is 19.1. The SMILES string of the molecule is O=C(CNC(=O)c1cccc(Br)c1)NC(c1ccccc1)c1ccccc1. The smallest absolute Gasteiger partial charge is 0.251 e. The van der Waals surface area contributed by atoms with Crippen molar-refractivity contribution in [2.24, 2.45) is 0 Å². The Morgan fingerprint density at radius 1 is 0.815 bits per heavy atom. The van der Waals surface area contributed by atoms with Gasteiger partial charge in [-0.1, -0.05) is 82.7 Å². The third-order valence-corrected chi connectivity index (χ3v) is 4.56. The van der Waals surface area contributed by atoms with Crippen LogP contribution in [0.1, 0.15) is 27.5 Å². The number of benzene rings is 3. The Labute approximate surface area is 166 Å². The molecular formula is C22H19BrN2O2. The zero-order valence-corrected chi connectivity index (χ0v) is 16.1. The molecule has 0 saturated heterocycles. The van der Waals surface area contributed by atoms with Crippen molar-refractivity contribution in [1.82, 2.24) is 10.6 Å². The minimum absolute atomic E-state index is 0.0957. The number of amides is 2. The number of carbonyl (C=O) groups is 2. The molecule has 0 bridgehead atoms. The fourth-order valence-electron chi connectivity index (χ4n) is 2.75. The lowest BCUT2D eigenvalue weighted by atomic mass is 9.99. The highest BCUT2D eigenvalue weighted by Crippen LogP contribution is 2.21. The minimum Gasteiger partial charge on any atom is -0.344 e. The summed E-state index contributed by atoms with van der Waals surface area (Å²) in [5.74, 6) is -0.543. The lowest BCUT2D eigenvalue weighted by Crippen LogP contribution is -2.39. The normalized spacial score (nSPS) is 10.4. The molecule has 0 heterocycles. The molecule has 0 aliphatic carbocycles. The first-order valence-corrected chi connectivity index (χ1v) is 9.36. The molecule has 2 N–H and O–H groups in total. The van der Waals surface area contributed by atoms with Crippen LogP contribution in [0.3, 0.4) is 0 Å². The van der Waals surface area contributed by atoms with Gasteiger partial charge in [-0.25, -0.2) is 0 Å². The van der Waals surface area contributed by atoms with Crippen molar-refractivity contribution < 1.29 is 9.59 Å². The summed E-state index contributed by atoms with van der Waals surface area (Å²) in [6.45, 7) is -0.0957. The van der Waals surface area contributed by atoms with Gasteiger partial charge in [-0.05, 0) is 29.3 Å². The number of hydrogen-bond acceptors (Lipinski definition) is 2. The van der Waals surface area contributed by atoms with Gasteiger partial charge in [0.05, 0.1) is 12.6 Å². The van der Waals surface area contributed by atoms with Gasteiger partial charge in [0.2, 0.25) is 5.91 Å². The number of rotatable bonds is 6. The molecule has 0 unspecified atom stereocenters. The van der Waals surface area contributed by atoms with E-state index in [1.807, 2.05) is 66.7 Å². The van der Waals surface area contributed by atoms with Crippen LogP contribution in [-0.4, -0.2) is 18.4 Å². The Hall–Kier alpha value is -2.92. The van der Waals surface area contributed by atoms with Crippen LogP contribution in [0, 0.1) is 0 Å². The fraction of sp³-hybridized carbons (Fsp3) is 0.0909. The first kappa shape index (κ1) is 18.9. The molecule has 0 spiro atoms. The fourth-order valence-corrected chi connectivity index (χ4v) is 3.15. The summed E-state index contributed by atoms with van der Waals surface area (Å²) < 4.78 is 0.813. The molecule has 5 heteroatoms. The van der Waals surface area contributed by atoms with Crippen molar-refractivity contribution in [2.45, 2.75) is 6.04 Å². The van der Waals surface area contributed by atoms with Gasteiger partial charge >= 0.3 is 0 Å². The molecule has 3 aromatic rings. The number of halogens is 1. The van der Waals surface area contributed by atoms with Gasteiger partial charge in [-0.3, -0.25) is 9.59 Å². The van der Waals surface area contributed by atoms with Gasteiger partial charge in [-0.2, -0.15) is 0 Å². The van der Waals surface area contributed by atoms with Crippen molar-refractivity contribution in [3.8, 4) is 0 Å². The van der Waals surface area contributed by atoms with E-state index >= 15 is 0 Å². The van der Waals surface area contributed by atoms with E-state index in [4.69, 9.17) is 0 Å². The first-order valence-electron chi connectivity index (χ1n) is 8.56. The predicted octanol–water partition coefficient (Wildman–Crippen LogP) is 4.08. The second kappa shape index (κ2) is 9.14. The number of nitrogens with one attached hydrogen (secondary N) is 2. The lowest BCUT2D eigenvalue weighted by molar-refractivity contribution is -0.120. The first-order chi connectivity index (χ1) is 13.1. The summed E-state index contributed by atoms with van der Waals surface area (Å²) in [4.78, 5) is 24.7. The van der Waals surface area contributed by atoms with Crippen LogP contribution in [0.15, 0.2) is 89.4 Å². The monoisotopic (exact) mass is 422 g/mol. The molecule has 2 amide bonds. The predicted molar refractivity (Wildman–Crippen MR) is 109 cm³/mol. The maximum Gasteiger partial charge on any atom is 0.251 e. The van der Waals surface area contributed by atoms with Crippen LogP contribution in [0.25, 0.3) is 0 Å². The Bertz CT molecular complexity index is 874. The standard InChI is InChI=1S/C22H19BrN2O2/c23-19-13-7-12-18(14-19)22(27)24-15-20(26)25-21(16-8-3-1-4-9-16)17-10-5-2-6-11-17/h1-14,21H,15H2,(H,24,27)(H,25,26). The van der Waals surface area contributed by atoms with E-state index in [-0.39, 0.29) is 24.4 Å². The molecule has 4 nitrogen and oxygen atoms in total. The van der Waals surface area contributed by atoms with Gasteiger partial charge in [0.25, 0.3) is 5.91 Å².